The van der Waals surface area contributed by atoms with E-state index in [1.807, 2.05) is 12.3 Å². The molecule has 0 unspecified atom stereocenters. The van der Waals surface area contributed by atoms with Gasteiger partial charge in [0.1, 0.15) is 0 Å². The Balaban J connectivity index is 1.56. The molecule has 1 amide bonds. The normalized spacial score (nSPS) is 17.2. The largest absolute Gasteiger partial charge is 0.369 e. The molecule has 1 saturated carbocycles. The Labute approximate surface area is 184 Å². The SMILES string of the molecule is CCc1cc(N2CCN(C)CC2)cc(CC)c1Sc1cncc(NC(=O)C2CC2)c1. The smallest absolute Gasteiger partial charge is 0.227 e. The van der Waals surface area contributed by atoms with Crippen molar-refractivity contribution in [2.75, 3.05) is 43.4 Å². The molecule has 2 aliphatic rings. The second-order valence-corrected chi connectivity index (χ2v) is 9.45. The summed E-state index contributed by atoms with van der Waals surface area (Å²) >= 11 is 1.77. The van der Waals surface area contributed by atoms with Crippen molar-refractivity contribution in [3.05, 3.63) is 41.7 Å². The number of nitrogens with zero attached hydrogens (tertiary/aromatic N) is 3. The van der Waals surface area contributed by atoms with Crippen LogP contribution in [0.1, 0.15) is 37.8 Å². The molecule has 6 heteroatoms. The molecule has 2 aromatic rings. The monoisotopic (exact) mass is 424 g/mol. The van der Waals surface area contributed by atoms with Crippen LogP contribution in [-0.2, 0) is 17.6 Å². The first kappa shape index (κ1) is 21.2. The molecule has 160 valence electrons. The van der Waals surface area contributed by atoms with Gasteiger partial charge in [0, 0.05) is 53.8 Å². The minimum absolute atomic E-state index is 0.124. The number of hydrogen-bond acceptors (Lipinski definition) is 5. The molecule has 30 heavy (non-hydrogen) atoms. The van der Waals surface area contributed by atoms with Gasteiger partial charge in [-0.15, -0.1) is 0 Å². The molecular weight excluding hydrogens is 392 g/mol. The third kappa shape index (κ3) is 4.98. The molecule has 1 aromatic heterocycles. The highest BCUT2D eigenvalue weighted by atomic mass is 32.2. The lowest BCUT2D eigenvalue weighted by atomic mass is 10.0. The first-order valence-electron chi connectivity index (χ1n) is 11.1. The van der Waals surface area contributed by atoms with Crippen LogP contribution in [0.2, 0.25) is 0 Å². The predicted molar refractivity (Wildman–Crippen MR) is 125 cm³/mol. The Morgan fingerprint density at radius 3 is 2.33 bits per heavy atom. The average molecular weight is 425 g/mol. The number of aromatic nitrogens is 1. The van der Waals surface area contributed by atoms with Crippen LogP contribution in [0.5, 0.6) is 0 Å². The summed E-state index contributed by atoms with van der Waals surface area (Å²) in [5, 5.41) is 3.02. The molecule has 0 spiro atoms. The van der Waals surface area contributed by atoms with Crippen molar-refractivity contribution in [2.24, 2.45) is 5.92 Å². The molecule has 1 saturated heterocycles. The number of pyridine rings is 1. The van der Waals surface area contributed by atoms with Crippen LogP contribution in [0.15, 0.2) is 40.4 Å². The summed E-state index contributed by atoms with van der Waals surface area (Å²) in [7, 11) is 2.20. The Hall–Kier alpha value is -2.05. The number of carbonyl (C=O) groups is 1. The summed E-state index contributed by atoms with van der Waals surface area (Å²) < 4.78 is 0. The highest BCUT2D eigenvalue weighted by Crippen LogP contribution is 2.38. The summed E-state index contributed by atoms with van der Waals surface area (Å²) in [6.07, 6.45) is 7.65. The van der Waals surface area contributed by atoms with Crippen LogP contribution in [-0.4, -0.2) is 49.0 Å². The summed E-state index contributed by atoms with van der Waals surface area (Å²) in [6, 6.07) is 6.79. The summed E-state index contributed by atoms with van der Waals surface area (Å²) in [6.45, 7) is 8.87. The third-order valence-electron chi connectivity index (χ3n) is 6.01. The van der Waals surface area contributed by atoms with Crippen molar-refractivity contribution in [3.63, 3.8) is 0 Å². The quantitative estimate of drug-likeness (QED) is 0.711. The van der Waals surface area contributed by atoms with E-state index in [1.165, 1.54) is 21.7 Å². The number of nitrogens with one attached hydrogen (secondary N) is 1. The van der Waals surface area contributed by atoms with Crippen molar-refractivity contribution >= 4 is 29.0 Å². The van der Waals surface area contributed by atoms with Crippen molar-refractivity contribution in [1.29, 1.82) is 0 Å². The summed E-state index contributed by atoms with van der Waals surface area (Å²) in [4.78, 5) is 23.8. The second-order valence-electron chi connectivity index (χ2n) is 8.37. The summed E-state index contributed by atoms with van der Waals surface area (Å²) in [5.41, 5.74) is 4.92. The Kier molecular flexibility index (Phi) is 6.64. The number of carbonyl (C=O) groups excluding carboxylic acids is 1. The Morgan fingerprint density at radius 2 is 1.73 bits per heavy atom. The molecule has 2 fully saturated rings. The van der Waals surface area contributed by atoms with E-state index in [4.69, 9.17) is 0 Å². The molecule has 0 bridgehead atoms. The zero-order valence-corrected chi connectivity index (χ0v) is 19.1. The molecule has 0 radical (unpaired) electrons. The van der Waals surface area contributed by atoms with Crippen LogP contribution < -0.4 is 10.2 Å². The first-order valence-corrected chi connectivity index (χ1v) is 11.9. The minimum atomic E-state index is 0.124. The number of likely N-dealkylation sites (N-methyl/N-ethyl adjacent to an activating group) is 1. The number of anilines is 2. The molecule has 1 aromatic carbocycles. The lowest BCUT2D eigenvalue weighted by Crippen LogP contribution is -2.44. The van der Waals surface area contributed by atoms with Crippen molar-refractivity contribution < 1.29 is 4.79 Å². The molecule has 1 N–H and O–H groups in total. The molecule has 2 heterocycles. The lowest BCUT2D eigenvalue weighted by molar-refractivity contribution is -0.117. The van der Waals surface area contributed by atoms with Gasteiger partial charge in [-0.1, -0.05) is 25.6 Å². The van der Waals surface area contributed by atoms with E-state index < -0.39 is 0 Å². The van der Waals surface area contributed by atoms with Crippen LogP contribution >= 0.6 is 11.8 Å². The van der Waals surface area contributed by atoms with Gasteiger partial charge in [0.15, 0.2) is 0 Å². The van der Waals surface area contributed by atoms with E-state index in [1.54, 1.807) is 18.0 Å². The molecule has 5 nitrogen and oxygen atoms in total. The van der Waals surface area contributed by atoms with Gasteiger partial charge in [-0.05, 0) is 62.1 Å². The standard InChI is InChI=1S/C24H32N4OS/c1-4-17-12-21(28-10-8-27(3)9-11-28)13-18(5-2)23(17)30-22-14-20(15-25-16-22)26-24(29)19-6-7-19/h12-16,19H,4-11H2,1-3H3,(H,26,29). The van der Waals surface area contributed by atoms with Gasteiger partial charge in [0.05, 0.1) is 11.9 Å². The fourth-order valence-electron chi connectivity index (χ4n) is 3.89. The second kappa shape index (κ2) is 9.40. The van der Waals surface area contributed by atoms with Crippen LogP contribution in [0.25, 0.3) is 0 Å². The fourth-order valence-corrected chi connectivity index (χ4v) is 5.09. The third-order valence-corrected chi connectivity index (χ3v) is 7.19. The molecule has 1 aliphatic heterocycles. The van der Waals surface area contributed by atoms with E-state index in [-0.39, 0.29) is 11.8 Å². The maximum atomic E-state index is 12.1. The highest BCUT2D eigenvalue weighted by Gasteiger charge is 2.29. The molecule has 4 rings (SSSR count). The van der Waals surface area contributed by atoms with Crippen LogP contribution in [0.4, 0.5) is 11.4 Å². The van der Waals surface area contributed by atoms with Crippen LogP contribution in [0, 0.1) is 5.92 Å². The van der Waals surface area contributed by atoms with E-state index >= 15 is 0 Å². The van der Waals surface area contributed by atoms with Gasteiger partial charge in [0.2, 0.25) is 5.91 Å². The topological polar surface area (TPSA) is 48.5 Å². The lowest BCUT2D eigenvalue weighted by Gasteiger charge is -2.35. The zero-order valence-electron chi connectivity index (χ0n) is 18.3. The maximum Gasteiger partial charge on any atom is 0.227 e. The van der Waals surface area contributed by atoms with Gasteiger partial charge in [0.25, 0.3) is 0 Å². The van der Waals surface area contributed by atoms with Gasteiger partial charge in [-0.3, -0.25) is 9.78 Å². The number of piperazine rings is 1. The van der Waals surface area contributed by atoms with Crippen molar-refractivity contribution in [3.8, 4) is 0 Å². The minimum Gasteiger partial charge on any atom is -0.369 e. The molecule has 0 atom stereocenters. The number of amides is 1. The zero-order chi connectivity index (χ0) is 21.1. The van der Waals surface area contributed by atoms with Crippen LogP contribution in [0.3, 0.4) is 0 Å². The van der Waals surface area contributed by atoms with E-state index in [2.05, 4.69) is 53.1 Å². The van der Waals surface area contributed by atoms with Gasteiger partial charge in [-0.2, -0.15) is 0 Å². The van der Waals surface area contributed by atoms with Gasteiger partial charge >= 0.3 is 0 Å². The maximum absolute atomic E-state index is 12.1. The predicted octanol–water partition coefficient (Wildman–Crippen LogP) is 4.46. The number of hydrogen-bond donors (Lipinski definition) is 1. The number of aryl methyl sites for hydroxylation is 2. The van der Waals surface area contributed by atoms with E-state index in [0.29, 0.717) is 0 Å². The summed E-state index contributed by atoms with van der Waals surface area (Å²) in [5.74, 6) is 0.320. The van der Waals surface area contributed by atoms with E-state index in [0.717, 1.165) is 62.4 Å². The average Bonchev–Trinajstić information content (AvgIpc) is 3.60. The van der Waals surface area contributed by atoms with E-state index in [9.17, 15) is 4.79 Å². The Bertz CT molecular complexity index is 879. The first-order chi connectivity index (χ1) is 14.6. The fraction of sp³-hybridized carbons (Fsp3) is 0.500. The molecule has 1 aliphatic carbocycles. The molecular formula is C24H32N4OS. The van der Waals surface area contributed by atoms with Crippen molar-refractivity contribution in [2.45, 2.75) is 49.3 Å². The van der Waals surface area contributed by atoms with Crippen molar-refractivity contribution in [1.82, 2.24) is 9.88 Å². The number of benzene rings is 1. The van der Waals surface area contributed by atoms with Gasteiger partial charge in [-0.25, -0.2) is 0 Å². The van der Waals surface area contributed by atoms with Gasteiger partial charge < -0.3 is 15.1 Å². The number of rotatable bonds is 7. The Morgan fingerprint density at radius 1 is 1.07 bits per heavy atom. The highest BCUT2D eigenvalue weighted by molar-refractivity contribution is 7.99.